The molecule has 1 fully saturated rings. The first kappa shape index (κ1) is 16.2. The molecular weight excluding hydrogens is 312 g/mol. The van der Waals surface area contributed by atoms with Crippen molar-refractivity contribution in [3.05, 3.63) is 0 Å². The zero-order chi connectivity index (χ0) is 15.3. The number of hydrogen-bond donors (Lipinski definition) is 0. The molecule has 0 bridgehead atoms. The summed E-state index contributed by atoms with van der Waals surface area (Å²) in [6.45, 7) is 2.25. The fourth-order valence-electron chi connectivity index (χ4n) is 2.24. The lowest BCUT2D eigenvalue weighted by Crippen LogP contribution is -2.42. The molecule has 0 radical (unpaired) electrons. The summed E-state index contributed by atoms with van der Waals surface area (Å²) in [5.41, 5.74) is -0.755. The van der Waals surface area contributed by atoms with Crippen molar-refractivity contribution in [1.29, 1.82) is 0 Å². The number of esters is 1. The van der Waals surface area contributed by atoms with Crippen LogP contribution in [0.5, 0.6) is 6.01 Å². The molecule has 0 unspecified atom stereocenters. The van der Waals surface area contributed by atoms with Crippen LogP contribution in [0, 0.1) is 5.41 Å². The van der Waals surface area contributed by atoms with Crippen LogP contribution < -0.4 is 4.74 Å². The third kappa shape index (κ3) is 3.94. The van der Waals surface area contributed by atoms with Crippen LogP contribution in [0.2, 0.25) is 0 Å². The second kappa shape index (κ2) is 7.22. The molecule has 0 amide bonds. The maximum absolute atomic E-state index is 12.3. The quantitative estimate of drug-likeness (QED) is 0.585. The Bertz CT molecular complexity index is 508. The van der Waals surface area contributed by atoms with Crippen molar-refractivity contribution in [2.45, 2.75) is 36.9 Å². The van der Waals surface area contributed by atoms with Gasteiger partial charge in [-0.3, -0.25) is 9.59 Å². The Kier molecular flexibility index (Phi) is 5.58. The highest BCUT2D eigenvalue weighted by atomic mass is 32.2. The predicted molar refractivity (Wildman–Crippen MR) is 79.7 cm³/mol. The summed E-state index contributed by atoms with van der Waals surface area (Å²) in [6, 6.07) is 0.282. The lowest BCUT2D eigenvalue weighted by molar-refractivity contribution is -0.160. The van der Waals surface area contributed by atoms with Gasteiger partial charge < -0.3 is 9.47 Å². The number of Topliss-reactive ketones (excluding diaryl/α,β-unsaturated/α-hetero) is 1. The van der Waals surface area contributed by atoms with Gasteiger partial charge in [0.25, 0.3) is 0 Å². The number of ketones is 1. The smallest absolute Gasteiger partial charge is 0.329 e. The minimum absolute atomic E-state index is 0.156. The third-order valence-corrected chi connectivity index (χ3v) is 5.17. The van der Waals surface area contributed by atoms with Crippen LogP contribution in [0.25, 0.3) is 0 Å². The van der Waals surface area contributed by atoms with Crippen molar-refractivity contribution in [3.8, 4) is 6.01 Å². The molecule has 116 valence electrons. The first-order valence-corrected chi connectivity index (χ1v) is 8.79. The molecule has 1 aliphatic rings. The molecule has 6 nitrogen and oxygen atoms in total. The monoisotopic (exact) mass is 330 g/mol. The van der Waals surface area contributed by atoms with E-state index >= 15 is 0 Å². The van der Waals surface area contributed by atoms with Gasteiger partial charge in [0.05, 0.1) is 6.61 Å². The summed E-state index contributed by atoms with van der Waals surface area (Å²) in [7, 11) is 0. The van der Waals surface area contributed by atoms with E-state index in [0.717, 1.165) is 4.34 Å². The van der Waals surface area contributed by atoms with E-state index in [1.54, 1.807) is 6.92 Å². The lowest BCUT2D eigenvalue weighted by atomic mass is 9.74. The standard InChI is InChI=1S/C13H18N2O4S2/c1-3-18-10(17)13(6-4-9(16)5-7-13)8-19-11-14-12(20-2)21-15-11/h3-8H2,1-2H3. The Morgan fingerprint density at radius 1 is 1.43 bits per heavy atom. The van der Waals surface area contributed by atoms with Crippen molar-refractivity contribution >= 4 is 35.0 Å². The first-order chi connectivity index (χ1) is 10.1. The summed E-state index contributed by atoms with van der Waals surface area (Å²) >= 11 is 2.75. The molecule has 0 saturated heterocycles. The average molecular weight is 330 g/mol. The maximum Gasteiger partial charge on any atom is 0.329 e. The maximum atomic E-state index is 12.3. The number of nitrogens with zero attached hydrogens (tertiary/aromatic N) is 2. The minimum Gasteiger partial charge on any atom is -0.465 e. The molecule has 21 heavy (non-hydrogen) atoms. The summed E-state index contributed by atoms with van der Waals surface area (Å²) in [4.78, 5) is 27.9. The topological polar surface area (TPSA) is 78.4 Å². The molecule has 0 N–H and O–H groups in total. The van der Waals surface area contributed by atoms with Gasteiger partial charge in [0.1, 0.15) is 17.8 Å². The molecular formula is C13H18N2O4S2. The van der Waals surface area contributed by atoms with Crippen LogP contribution in [0.15, 0.2) is 4.34 Å². The molecule has 0 aromatic carbocycles. The Labute approximate surface area is 131 Å². The average Bonchev–Trinajstić information content (AvgIpc) is 2.95. The fourth-order valence-corrected chi connectivity index (χ4v) is 3.19. The van der Waals surface area contributed by atoms with E-state index in [1.165, 1.54) is 23.3 Å². The van der Waals surface area contributed by atoms with Gasteiger partial charge in [0.2, 0.25) is 0 Å². The predicted octanol–water partition coefficient (Wildman–Crippen LogP) is 2.33. The van der Waals surface area contributed by atoms with E-state index in [0.29, 0.717) is 32.3 Å². The van der Waals surface area contributed by atoms with Gasteiger partial charge in [0.15, 0.2) is 4.34 Å². The zero-order valence-corrected chi connectivity index (χ0v) is 13.7. The van der Waals surface area contributed by atoms with Crippen LogP contribution in [-0.2, 0) is 14.3 Å². The van der Waals surface area contributed by atoms with Crippen LogP contribution >= 0.6 is 23.3 Å². The van der Waals surface area contributed by atoms with Crippen LogP contribution in [0.3, 0.4) is 0 Å². The number of carbonyl (C=O) groups is 2. The van der Waals surface area contributed by atoms with Crippen molar-refractivity contribution in [1.82, 2.24) is 9.36 Å². The molecule has 8 heteroatoms. The van der Waals surface area contributed by atoms with E-state index in [9.17, 15) is 9.59 Å². The molecule has 0 aliphatic heterocycles. The zero-order valence-electron chi connectivity index (χ0n) is 12.1. The van der Waals surface area contributed by atoms with E-state index in [1.807, 2.05) is 6.26 Å². The Hall–Kier alpha value is -1.15. The van der Waals surface area contributed by atoms with Gasteiger partial charge >= 0.3 is 12.0 Å². The molecule has 2 rings (SSSR count). The first-order valence-electron chi connectivity index (χ1n) is 6.79. The van der Waals surface area contributed by atoms with Crippen LogP contribution in [-0.4, -0.2) is 40.6 Å². The van der Waals surface area contributed by atoms with E-state index in [-0.39, 0.29) is 24.4 Å². The normalized spacial score (nSPS) is 17.5. The number of rotatable bonds is 6. The molecule has 0 atom stereocenters. The van der Waals surface area contributed by atoms with Crippen molar-refractivity contribution < 1.29 is 19.1 Å². The van der Waals surface area contributed by atoms with Gasteiger partial charge in [-0.1, -0.05) is 11.8 Å². The van der Waals surface area contributed by atoms with E-state index in [4.69, 9.17) is 9.47 Å². The number of carbonyl (C=O) groups excluding carboxylic acids is 2. The van der Waals surface area contributed by atoms with Crippen molar-refractivity contribution in [2.24, 2.45) is 5.41 Å². The summed E-state index contributed by atoms with van der Waals surface area (Å²) < 4.78 is 15.7. The fraction of sp³-hybridized carbons (Fsp3) is 0.692. The van der Waals surface area contributed by atoms with E-state index in [2.05, 4.69) is 9.36 Å². The highest BCUT2D eigenvalue weighted by Gasteiger charge is 2.44. The number of thioether (sulfide) groups is 1. The Morgan fingerprint density at radius 2 is 2.14 bits per heavy atom. The molecule has 0 spiro atoms. The second-order valence-corrected chi connectivity index (χ2v) is 6.68. The molecule has 1 aromatic heterocycles. The highest BCUT2D eigenvalue weighted by molar-refractivity contribution is 8.00. The minimum atomic E-state index is -0.755. The third-order valence-electron chi connectivity index (χ3n) is 3.51. The molecule has 1 saturated carbocycles. The van der Waals surface area contributed by atoms with Crippen LogP contribution in [0.1, 0.15) is 32.6 Å². The van der Waals surface area contributed by atoms with Crippen molar-refractivity contribution in [3.63, 3.8) is 0 Å². The summed E-state index contributed by atoms with van der Waals surface area (Å²) in [6.07, 6.45) is 3.62. The molecule has 1 heterocycles. The number of hydrogen-bond acceptors (Lipinski definition) is 8. The van der Waals surface area contributed by atoms with Gasteiger partial charge in [-0.15, -0.1) is 4.37 Å². The van der Waals surface area contributed by atoms with Gasteiger partial charge in [-0.25, -0.2) is 0 Å². The van der Waals surface area contributed by atoms with Gasteiger partial charge in [0, 0.05) is 12.8 Å². The Balaban J connectivity index is 2.05. The largest absolute Gasteiger partial charge is 0.465 e. The lowest BCUT2D eigenvalue weighted by Gasteiger charge is -2.33. The van der Waals surface area contributed by atoms with Crippen molar-refractivity contribution in [2.75, 3.05) is 19.5 Å². The molecule has 1 aromatic rings. The summed E-state index contributed by atoms with van der Waals surface area (Å²) in [5.74, 6) is -0.107. The number of ether oxygens (including phenoxy) is 2. The van der Waals surface area contributed by atoms with Crippen LogP contribution in [0.4, 0.5) is 0 Å². The Morgan fingerprint density at radius 3 is 2.71 bits per heavy atom. The number of aromatic nitrogens is 2. The second-order valence-electron chi connectivity index (χ2n) is 4.88. The molecule has 1 aliphatic carbocycles. The van der Waals surface area contributed by atoms with E-state index < -0.39 is 5.41 Å². The SMILES string of the molecule is CCOC(=O)C1(COc2nsc(SC)n2)CCC(=O)CC1. The van der Waals surface area contributed by atoms with Gasteiger partial charge in [-0.2, -0.15) is 4.98 Å². The summed E-state index contributed by atoms with van der Waals surface area (Å²) in [5, 5.41) is 0. The van der Waals surface area contributed by atoms with Gasteiger partial charge in [-0.05, 0) is 37.6 Å². The highest BCUT2D eigenvalue weighted by Crippen LogP contribution is 2.37.